The van der Waals surface area contributed by atoms with E-state index >= 15 is 0 Å². The van der Waals surface area contributed by atoms with Crippen LogP contribution in [0.2, 0.25) is 0 Å². The molecule has 4 aromatic carbocycles. The number of pyridine rings is 1. The second kappa shape index (κ2) is 8.85. The van der Waals surface area contributed by atoms with Gasteiger partial charge in [-0.3, -0.25) is 0 Å². The molecule has 3 nitrogen and oxygen atoms in total. The van der Waals surface area contributed by atoms with Gasteiger partial charge in [0, 0.05) is 5.56 Å². The van der Waals surface area contributed by atoms with Crippen molar-refractivity contribution in [1.82, 2.24) is 4.98 Å². The smallest absolute Gasteiger partial charge is 0.223 e. The number of hydrogen-bond donors (Lipinski definition) is 0. The van der Waals surface area contributed by atoms with Crippen molar-refractivity contribution in [3.8, 4) is 33.5 Å². The molecule has 1 aromatic heterocycles. The van der Waals surface area contributed by atoms with Crippen LogP contribution in [0.5, 0.6) is 0 Å². The number of hydrogen-bond acceptors (Lipinski definition) is 3. The summed E-state index contributed by atoms with van der Waals surface area (Å²) in [5, 5.41) is 0.0394. The summed E-state index contributed by atoms with van der Waals surface area (Å²) in [5.74, 6) is 0. The molecule has 0 spiro atoms. The second-order valence-corrected chi connectivity index (χ2v) is 9.61. The van der Waals surface area contributed by atoms with E-state index in [1.54, 1.807) is 42.5 Å². The van der Waals surface area contributed by atoms with Gasteiger partial charge in [-0.1, -0.05) is 84.9 Å². The molecule has 0 aliphatic heterocycles. The minimum Gasteiger partial charge on any atom is -0.236 e. The monoisotopic (exact) mass is 447 g/mol. The van der Waals surface area contributed by atoms with Gasteiger partial charge in [0.1, 0.15) is 0 Å². The summed E-state index contributed by atoms with van der Waals surface area (Å²) in [6.07, 6.45) is 0. The highest BCUT2D eigenvalue weighted by Gasteiger charge is 2.19. The Morgan fingerprint density at radius 2 is 0.939 bits per heavy atom. The number of rotatable bonds is 5. The average Bonchev–Trinajstić information content (AvgIpc) is 2.90. The second-order valence-electron chi connectivity index (χ2n) is 7.71. The molecule has 0 radical (unpaired) electrons. The molecule has 4 heteroatoms. The lowest BCUT2D eigenvalue weighted by Crippen LogP contribution is -2.04. The van der Waals surface area contributed by atoms with Gasteiger partial charge in [-0.25, -0.2) is 13.4 Å². The largest absolute Gasteiger partial charge is 0.236 e. The normalized spacial score (nSPS) is 11.3. The zero-order valence-electron chi connectivity index (χ0n) is 17.8. The first-order valence-electron chi connectivity index (χ1n) is 10.6. The summed E-state index contributed by atoms with van der Waals surface area (Å²) in [7, 11) is -3.71. The Morgan fingerprint density at radius 1 is 0.455 bits per heavy atom. The summed E-state index contributed by atoms with van der Waals surface area (Å²) in [6, 6.07) is 40.1. The minimum atomic E-state index is -3.71. The fraction of sp³-hybridized carbons (Fsp3) is 0. The molecule has 0 saturated heterocycles. The summed E-state index contributed by atoms with van der Waals surface area (Å²) < 4.78 is 26.3. The van der Waals surface area contributed by atoms with E-state index in [1.807, 2.05) is 42.5 Å². The van der Waals surface area contributed by atoms with Gasteiger partial charge in [0.15, 0.2) is 5.03 Å². The first-order chi connectivity index (χ1) is 16.1. The van der Waals surface area contributed by atoms with Crippen LogP contribution in [0.3, 0.4) is 0 Å². The van der Waals surface area contributed by atoms with Crippen molar-refractivity contribution in [2.24, 2.45) is 0 Å². The van der Waals surface area contributed by atoms with Crippen LogP contribution in [-0.4, -0.2) is 13.4 Å². The van der Waals surface area contributed by atoms with Crippen LogP contribution in [0.4, 0.5) is 0 Å². The summed E-state index contributed by atoms with van der Waals surface area (Å²) in [4.78, 5) is 4.81. The molecule has 0 amide bonds. The van der Waals surface area contributed by atoms with Crippen LogP contribution in [0.15, 0.2) is 137 Å². The zero-order chi connectivity index (χ0) is 22.7. The van der Waals surface area contributed by atoms with Crippen LogP contribution < -0.4 is 0 Å². The predicted molar refractivity (Wildman–Crippen MR) is 132 cm³/mol. The van der Waals surface area contributed by atoms with Crippen molar-refractivity contribution in [2.75, 3.05) is 0 Å². The Labute approximate surface area is 194 Å². The molecule has 5 aromatic rings. The van der Waals surface area contributed by atoms with Crippen molar-refractivity contribution < 1.29 is 8.42 Å². The highest BCUT2D eigenvalue weighted by molar-refractivity contribution is 7.91. The van der Waals surface area contributed by atoms with Gasteiger partial charge in [0.05, 0.1) is 10.6 Å². The fourth-order valence-corrected chi connectivity index (χ4v) is 5.05. The molecule has 0 aliphatic carbocycles. The average molecular weight is 448 g/mol. The Bertz CT molecular complexity index is 1440. The van der Waals surface area contributed by atoms with Crippen LogP contribution in [0.25, 0.3) is 33.5 Å². The fourth-order valence-electron chi connectivity index (χ4n) is 3.82. The summed E-state index contributed by atoms with van der Waals surface area (Å²) in [5.41, 5.74) is 5.74. The summed E-state index contributed by atoms with van der Waals surface area (Å²) >= 11 is 0. The molecule has 0 saturated carbocycles. The van der Waals surface area contributed by atoms with E-state index in [4.69, 9.17) is 0 Å². The van der Waals surface area contributed by atoms with Crippen molar-refractivity contribution >= 4 is 9.84 Å². The van der Waals surface area contributed by atoms with E-state index in [-0.39, 0.29) is 9.92 Å². The minimum absolute atomic E-state index is 0.0394. The maximum Gasteiger partial charge on any atom is 0.223 e. The molecular weight excluding hydrogens is 426 g/mol. The molecule has 0 N–H and O–H groups in total. The lowest BCUT2D eigenvalue weighted by atomic mass is 9.95. The molecule has 33 heavy (non-hydrogen) atoms. The molecule has 0 bridgehead atoms. The highest BCUT2D eigenvalue weighted by Crippen LogP contribution is 2.33. The van der Waals surface area contributed by atoms with E-state index < -0.39 is 9.84 Å². The lowest BCUT2D eigenvalue weighted by Gasteiger charge is -2.12. The molecule has 0 aliphatic rings. The molecule has 0 unspecified atom stereocenters. The number of benzene rings is 4. The molecule has 0 fully saturated rings. The molecule has 1 heterocycles. The quantitative estimate of drug-likeness (QED) is 0.294. The molecule has 0 atom stereocenters. The van der Waals surface area contributed by atoms with Gasteiger partial charge in [-0.15, -0.1) is 0 Å². The van der Waals surface area contributed by atoms with E-state index in [1.165, 1.54) is 0 Å². The van der Waals surface area contributed by atoms with E-state index in [0.29, 0.717) is 5.69 Å². The number of aromatic nitrogens is 1. The lowest BCUT2D eigenvalue weighted by molar-refractivity contribution is 0.592. The van der Waals surface area contributed by atoms with Gasteiger partial charge >= 0.3 is 0 Å². The number of sulfone groups is 1. The maximum atomic E-state index is 13.1. The van der Waals surface area contributed by atoms with Crippen molar-refractivity contribution in [1.29, 1.82) is 0 Å². The van der Waals surface area contributed by atoms with E-state index in [9.17, 15) is 8.42 Å². The summed E-state index contributed by atoms with van der Waals surface area (Å²) in [6.45, 7) is 0. The first-order valence-corrected chi connectivity index (χ1v) is 12.1. The van der Waals surface area contributed by atoms with Gasteiger partial charge < -0.3 is 0 Å². The van der Waals surface area contributed by atoms with Crippen LogP contribution in [0.1, 0.15) is 0 Å². The Hall–Kier alpha value is -4.02. The third-order valence-corrected chi connectivity index (χ3v) is 7.17. The third kappa shape index (κ3) is 4.34. The highest BCUT2D eigenvalue weighted by atomic mass is 32.2. The first kappa shape index (κ1) is 20.9. The Balaban J connectivity index is 1.66. The molecular formula is C29H21NO2S. The zero-order valence-corrected chi connectivity index (χ0v) is 18.6. The Morgan fingerprint density at radius 3 is 1.48 bits per heavy atom. The predicted octanol–water partition coefficient (Wildman–Crippen LogP) is 6.92. The maximum absolute atomic E-state index is 13.1. The van der Waals surface area contributed by atoms with Gasteiger partial charge in [0.2, 0.25) is 9.84 Å². The van der Waals surface area contributed by atoms with E-state index in [2.05, 4.69) is 47.4 Å². The van der Waals surface area contributed by atoms with Gasteiger partial charge in [-0.2, -0.15) is 0 Å². The molecule has 160 valence electrons. The van der Waals surface area contributed by atoms with Crippen molar-refractivity contribution in [2.45, 2.75) is 9.92 Å². The Kier molecular flexibility index (Phi) is 5.59. The van der Waals surface area contributed by atoms with Crippen molar-refractivity contribution in [3.05, 3.63) is 127 Å². The molecule has 5 rings (SSSR count). The standard InChI is InChI=1S/C29H21NO2S/c31-33(32,27-15-8-3-9-16-27)29-18-10-17-28(30-29)26-20-24(22-11-4-1-5-12-22)19-25(21-26)23-13-6-2-7-14-23/h1-21H. The van der Waals surface area contributed by atoms with Gasteiger partial charge in [-0.05, 0) is 64.7 Å². The topological polar surface area (TPSA) is 47.0 Å². The van der Waals surface area contributed by atoms with Gasteiger partial charge in [0.25, 0.3) is 0 Å². The van der Waals surface area contributed by atoms with Crippen LogP contribution in [0, 0.1) is 0 Å². The third-order valence-electron chi connectivity index (χ3n) is 5.50. The van der Waals surface area contributed by atoms with E-state index in [0.717, 1.165) is 27.8 Å². The van der Waals surface area contributed by atoms with Crippen LogP contribution in [-0.2, 0) is 9.84 Å². The SMILES string of the molecule is O=S(=O)(c1ccccc1)c1cccc(-c2cc(-c3ccccc3)cc(-c3ccccc3)c2)n1. The van der Waals surface area contributed by atoms with Crippen LogP contribution >= 0.6 is 0 Å². The number of nitrogens with zero attached hydrogens (tertiary/aromatic N) is 1. The van der Waals surface area contributed by atoms with Crippen molar-refractivity contribution in [3.63, 3.8) is 0 Å².